The first-order chi connectivity index (χ1) is 9.50. The lowest BCUT2D eigenvalue weighted by molar-refractivity contribution is 0.411. The van der Waals surface area contributed by atoms with Gasteiger partial charge in [-0.3, -0.25) is 0 Å². The van der Waals surface area contributed by atoms with E-state index in [1.165, 1.54) is 7.11 Å². The van der Waals surface area contributed by atoms with Gasteiger partial charge in [-0.2, -0.15) is 20.2 Å². The van der Waals surface area contributed by atoms with Crippen molar-refractivity contribution in [2.45, 2.75) is 12.7 Å². The van der Waals surface area contributed by atoms with Crippen molar-refractivity contribution in [3.05, 3.63) is 16.1 Å². The van der Waals surface area contributed by atoms with E-state index >= 15 is 0 Å². The molecule has 0 radical (unpaired) electrons. The molecule has 10 heteroatoms. The van der Waals surface area contributed by atoms with Crippen molar-refractivity contribution in [1.82, 2.24) is 10.3 Å². The molecule has 7 nitrogen and oxygen atoms in total. The van der Waals surface area contributed by atoms with E-state index in [0.29, 0.717) is 6.54 Å². The van der Waals surface area contributed by atoms with Crippen molar-refractivity contribution in [3.8, 4) is 0 Å². The van der Waals surface area contributed by atoms with Gasteiger partial charge in [0, 0.05) is 29.1 Å². The largest absolute Gasteiger partial charge is 0.478 e. The van der Waals surface area contributed by atoms with Gasteiger partial charge in [0.15, 0.2) is 0 Å². The van der Waals surface area contributed by atoms with E-state index in [2.05, 4.69) is 19.1 Å². The first-order valence-corrected chi connectivity index (χ1v) is 9.15. The minimum Gasteiger partial charge on any atom is -0.478 e. The molecular weight excluding hydrogens is 320 g/mol. The van der Waals surface area contributed by atoms with Crippen LogP contribution in [-0.2, 0) is 20.7 Å². The highest BCUT2D eigenvalue weighted by Crippen LogP contribution is 2.16. The normalized spacial score (nSPS) is 16.7. The third-order valence-corrected chi connectivity index (χ3v) is 5.16. The monoisotopic (exact) mass is 334 g/mol. The fraction of sp³-hybridized carbons (Fsp3) is 0.500. The van der Waals surface area contributed by atoms with Gasteiger partial charge in [0.25, 0.3) is 5.90 Å². The number of methoxy groups -OCH3 is 1. The summed E-state index contributed by atoms with van der Waals surface area (Å²) in [6.45, 7) is 2.54. The minimum absolute atomic E-state index is 0.00514. The summed E-state index contributed by atoms with van der Waals surface area (Å²) in [5.74, 6) is 1.81. The number of hydrogen-bond donors (Lipinski definition) is 1. The van der Waals surface area contributed by atoms with Gasteiger partial charge in [-0.1, -0.05) is 0 Å². The number of aromatic nitrogens is 1. The maximum absolute atomic E-state index is 11.2. The first kappa shape index (κ1) is 15.3. The molecule has 2 rings (SSSR count). The molecule has 0 spiro atoms. The van der Waals surface area contributed by atoms with Gasteiger partial charge >= 0.3 is 10.2 Å². The maximum Gasteiger partial charge on any atom is 0.368 e. The van der Waals surface area contributed by atoms with Crippen LogP contribution in [0.15, 0.2) is 14.2 Å². The Morgan fingerprint density at radius 2 is 2.25 bits per heavy atom. The highest BCUT2D eigenvalue weighted by atomic mass is 32.2. The minimum atomic E-state index is -3.77. The molecule has 0 aromatic carbocycles. The van der Waals surface area contributed by atoms with Gasteiger partial charge < -0.3 is 10.1 Å². The van der Waals surface area contributed by atoms with Gasteiger partial charge in [0.2, 0.25) is 5.84 Å². The Morgan fingerprint density at radius 1 is 1.45 bits per heavy atom. The molecule has 0 saturated heterocycles. The zero-order chi connectivity index (χ0) is 14.6. The Hall–Kier alpha value is -1.13. The molecule has 0 fully saturated rings. The molecule has 0 unspecified atom stereocenters. The van der Waals surface area contributed by atoms with E-state index in [1.54, 1.807) is 23.1 Å². The van der Waals surface area contributed by atoms with Gasteiger partial charge in [0.1, 0.15) is 5.01 Å². The van der Waals surface area contributed by atoms with E-state index in [0.717, 1.165) is 22.2 Å². The molecule has 0 amide bonds. The fourth-order valence-electron chi connectivity index (χ4n) is 1.43. The Morgan fingerprint density at radius 3 is 2.90 bits per heavy atom. The second-order valence-electron chi connectivity index (χ2n) is 3.85. The summed E-state index contributed by atoms with van der Waals surface area (Å²) < 4.78 is 34.0. The third-order valence-electron chi connectivity index (χ3n) is 2.23. The van der Waals surface area contributed by atoms with Crippen LogP contribution in [0.3, 0.4) is 0 Å². The summed E-state index contributed by atoms with van der Waals surface area (Å²) in [5, 5.41) is 6.02. The summed E-state index contributed by atoms with van der Waals surface area (Å²) in [6, 6.07) is 0. The molecule has 1 aliphatic rings. The van der Waals surface area contributed by atoms with Crippen LogP contribution < -0.4 is 5.32 Å². The second kappa shape index (κ2) is 6.55. The maximum atomic E-state index is 11.2. The van der Waals surface area contributed by atoms with Crippen LogP contribution in [0.5, 0.6) is 0 Å². The molecule has 0 bridgehead atoms. The average molecular weight is 334 g/mol. The standard InChI is InChI=1S/C10H14N4O3S3/c1-7-5-19-8(12-7)6-18-4-3-11-9-10(17-2)14-20(15,16)13-9/h5H,3-4,6H2,1-2H3,(H,11,13). The number of hydrogen-bond acceptors (Lipinski definition) is 7. The number of nitrogens with zero attached hydrogens (tertiary/aromatic N) is 3. The zero-order valence-corrected chi connectivity index (χ0v) is 13.4. The Labute approximate surface area is 125 Å². The second-order valence-corrected chi connectivity index (χ2v) is 7.16. The lowest BCUT2D eigenvalue weighted by atomic mass is 10.5. The third kappa shape index (κ3) is 4.18. The predicted octanol–water partition coefficient (Wildman–Crippen LogP) is 0.976. The smallest absolute Gasteiger partial charge is 0.368 e. The van der Waals surface area contributed by atoms with E-state index in [1.807, 2.05) is 12.3 Å². The van der Waals surface area contributed by atoms with Gasteiger partial charge in [-0.15, -0.1) is 20.1 Å². The number of rotatable bonds is 5. The number of ether oxygens (including phenoxy) is 1. The van der Waals surface area contributed by atoms with Gasteiger partial charge in [-0.05, 0) is 6.92 Å². The molecule has 1 aromatic rings. The fourth-order valence-corrected chi connectivity index (χ4v) is 3.93. The van der Waals surface area contributed by atoms with Gasteiger partial charge in [0.05, 0.1) is 7.11 Å². The molecule has 0 atom stereocenters. The molecular formula is C10H14N4O3S3. The number of thiazole rings is 1. The highest BCUT2D eigenvalue weighted by molar-refractivity contribution is 7.98. The summed E-state index contributed by atoms with van der Waals surface area (Å²) in [5.41, 5.74) is 1.04. The first-order valence-electron chi connectivity index (χ1n) is 5.72. The summed E-state index contributed by atoms with van der Waals surface area (Å²) >= 11 is 3.35. The van der Waals surface area contributed by atoms with Crippen molar-refractivity contribution in [3.63, 3.8) is 0 Å². The Balaban J connectivity index is 1.73. The lowest BCUT2D eigenvalue weighted by Gasteiger charge is -2.05. The predicted molar refractivity (Wildman–Crippen MR) is 81.8 cm³/mol. The Bertz CT molecular complexity index is 636. The number of nitrogens with one attached hydrogen (secondary N) is 1. The van der Waals surface area contributed by atoms with Crippen LogP contribution in [-0.4, -0.2) is 44.5 Å². The van der Waals surface area contributed by atoms with Crippen LogP contribution in [0.2, 0.25) is 0 Å². The van der Waals surface area contributed by atoms with E-state index < -0.39 is 10.2 Å². The molecule has 2 heterocycles. The molecule has 0 saturated carbocycles. The van der Waals surface area contributed by atoms with Crippen LogP contribution in [0.4, 0.5) is 0 Å². The topological polar surface area (TPSA) is 93.0 Å². The SMILES string of the molecule is COC1=NS(=O)(=O)N=C1NCCSCc1nc(C)cs1. The van der Waals surface area contributed by atoms with E-state index in [4.69, 9.17) is 4.74 Å². The lowest BCUT2D eigenvalue weighted by Crippen LogP contribution is -2.32. The van der Waals surface area contributed by atoms with Crippen molar-refractivity contribution < 1.29 is 13.2 Å². The molecule has 1 aromatic heterocycles. The molecule has 1 aliphatic heterocycles. The summed E-state index contributed by atoms with van der Waals surface area (Å²) in [6.07, 6.45) is 0. The van der Waals surface area contributed by atoms with Crippen LogP contribution in [0.25, 0.3) is 0 Å². The molecule has 1 N–H and O–H groups in total. The summed E-state index contributed by atoms with van der Waals surface area (Å²) in [4.78, 5) is 4.37. The zero-order valence-electron chi connectivity index (χ0n) is 11.0. The Kier molecular flexibility index (Phi) is 5.00. The average Bonchev–Trinajstić information content (AvgIpc) is 2.92. The van der Waals surface area contributed by atoms with Crippen LogP contribution in [0.1, 0.15) is 10.7 Å². The number of aryl methyl sites for hydroxylation is 1. The van der Waals surface area contributed by atoms with Crippen molar-refractivity contribution in [1.29, 1.82) is 0 Å². The summed E-state index contributed by atoms with van der Waals surface area (Å²) in [7, 11) is -2.41. The van der Waals surface area contributed by atoms with Crippen LogP contribution >= 0.6 is 23.1 Å². The van der Waals surface area contributed by atoms with Crippen molar-refractivity contribution in [2.24, 2.45) is 8.80 Å². The molecule has 0 aliphatic carbocycles. The van der Waals surface area contributed by atoms with Crippen molar-refractivity contribution >= 4 is 45.0 Å². The number of amidine groups is 1. The van der Waals surface area contributed by atoms with E-state index in [9.17, 15) is 8.42 Å². The highest BCUT2D eigenvalue weighted by Gasteiger charge is 2.24. The van der Waals surface area contributed by atoms with Gasteiger partial charge in [-0.25, -0.2) is 4.98 Å². The molecule has 110 valence electrons. The quantitative estimate of drug-likeness (QED) is 0.807. The molecule has 20 heavy (non-hydrogen) atoms. The van der Waals surface area contributed by atoms with Crippen LogP contribution in [0, 0.1) is 6.92 Å². The van der Waals surface area contributed by atoms with Crippen molar-refractivity contribution in [2.75, 3.05) is 19.4 Å². The van der Waals surface area contributed by atoms with E-state index in [-0.39, 0.29) is 11.7 Å². The number of thioether (sulfide) groups is 1.